The van der Waals surface area contributed by atoms with E-state index in [0.29, 0.717) is 13.0 Å². The van der Waals surface area contributed by atoms with Crippen LogP contribution in [0.4, 0.5) is 0 Å². The lowest BCUT2D eigenvalue weighted by Crippen LogP contribution is -2.45. The van der Waals surface area contributed by atoms with Crippen molar-refractivity contribution in [3.8, 4) is 0 Å². The molecule has 130 valence electrons. The van der Waals surface area contributed by atoms with Crippen LogP contribution in [0, 0.1) is 0 Å². The molecule has 0 unspecified atom stereocenters. The van der Waals surface area contributed by atoms with Crippen LogP contribution >= 0.6 is 0 Å². The monoisotopic (exact) mass is 312 g/mol. The lowest BCUT2D eigenvalue weighted by atomic mass is 10.1. The van der Waals surface area contributed by atoms with E-state index >= 15 is 0 Å². The first-order valence-corrected chi connectivity index (χ1v) is 9.05. The second-order valence-corrected chi connectivity index (χ2v) is 5.87. The topological polar surface area (TPSA) is 79.5 Å². The largest absolute Gasteiger partial charge is 0.369 e. The molecule has 0 aromatic carbocycles. The van der Waals surface area contributed by atoms with Gasteiger partial charge in [-0.3, -0.25) is 20.6 Å². The van der Waals surface area contributed by atoms with Crippen LogP contribution in [0.25, 0.3) is 0 Å². The van der Waals surface area contributed by atoms with Crippen molar-refractivity contribution in [2.75, 3.05) is 6.54 Å². The number of amides is 1. The zero-order chi connectivity index (χ0) is 16.5. The lowest BCUT2D eigenvalue weighted by Gasteiger charge is -2.07. The van der Waals surface area contributed by atoms with E-state index in [4.69, 9.17) is 5.73 Å². The average molecular weight is 313 g/mol. The van der Waals surface area contributed by atoms with Gasteiger partial charge in [0.05, 0.1) is 0 Å². The normalized spacial score (nSPS) is 11.5. The van der Waals surface area contributed by atoms with Crippen molar-refractivity contribution in [2.24, 2.45) is 10.7 Å². The molecule has 0 atom stereocenters. The number of guanidine groups is 1. The second-order valence-electron chi connectivity index (χ2n) is 5.87. The molecule has 0 fully saturated rings. The Morgan fingerprint density at radius 1 is 0.818 bits per heavy atom. The number of carbonyl (C=O) groups excluding carboxylic acids is 1. The van der Waals surface area contributed by atoms with Crippen molar-refractivity contribution in [3.63, 3.8) is 0 Å². The van der Waals surface area contributed by atoms with Crippen molar-refractivity contribution < 1.29 is 4.79 Å². The molecule has 5 heteroatoms. The highest BCUT2D eigenvalue weighted by atomic mass is 16.2. The SMILES string of the molecule is CCCCCCCCCCCC(=O)NNC(N)=NCCCC. The summed E-state index contributed by atoms with van der Waals surface area (Å²) in [7, 11) is 0. The molecule has 0 spiro atoms. The zero-order valence-electron chi connectivity index (χ0n) is 14.6. The third-order valence-electron chi connectivity index (χ3n) is 3.63. The van der Waals surface area contributed by atoms with Gasteiger partial charge in [-0.15, -0.1) is 0 Å². The number of aliphatic imine (C=N–C) groups is 1. The smallest absolute Gasteiger partial charge is 0.238 e. The Bertz CT molecular complexity index is 292. The first kappa shape index (κ1) is 20.7. The number of carbonyl (C=O) groups is 1. The summed E-state index contributed by atoms with van der Waals surface area (Å²) in [6, 6.07) is 0. The van der Waals surface area contributed by atoms with Crippen molar-refractivity contribution in [1.29, 1.82) is 0 Å². The highest BCUT2D eigenvalue weighted by Crippen LogP contribution is 2.10. The van der Waals surface area contributed by atoms with Gasteiger partial charge in [0.2, 0.25) is 11.9 Å². The van der Waals surface area contributed by atoms with Gasteiger partial charge in [-0.05, 0) is 12.8 Å². The van der Waals surface area contributed by atoms with Gasteiger partial charge in [0.1, 0.15) is 0 Å². The molecule has 1 amide bonds. The van der Waals surface area contributed by atoms with Crippen LogP contribution in [0.15, 0.2) is 4.99 Å². The maximum Gasteiger partial charge on any atom is 0.238 e. The molecule has 0 saturated heterocycles. The molecule has 0 aromatic rings. The molecule has 0 aliphatic rings. The van der Waals surface area contributed by atoms with Gasteiger partial charge in [-0.25, -0.2) is 0 Å². The molecule has 5 nitrogen and oxygen atoms in total. The summed E-state index contributed by atoms with van der Waals surface area (Å²) in [5, 5.41) is 0. The third-order valence-corrected chi connectivity index (χ3v) is 3.63. The van der Waals surface area contributed by atoms with E-state index in [0.717, 1.165) is 25.7 Å². The zero-order valence-corrected chi connectivity index (χ0v) is 14.6. The maximum atomic E-state index is 11.6. The number of nitrogens with two attached hydrogens (primary N) is 1. The Balaban J connectivity index is 3.37. The van der Waals surface area contributed by atoms with E-state index in [2.05, 4.69) is 29.7 Å². The molecule has 0 saturated carbocycles. The Morgan fingerprint density at radius 3 is 1.95 bits per heavy atom. The fourth-order valence-electron chi connectivity index (χ4n) is 2.19. The van der Waals surface area contributed by atoms with Crippen LogP contribution in [0.2, 0.25) is 0 Å². The highest BCUT2D eigenvalue weighted by molar-refractivity contribution is 5.82. The van der Waals surface area contributed by atoms with E-state index < -0.39 is 0 Å². The van der Waals surface area contributed by atoms with E-state index in [1.807, 2.05) is 0 Å². The van der Waals surface area contributed by atoms with Gasteiger partial charge in [0.25, 0.3) is 0 Å². The third kappa shape index (κ3) is 15.1. The van der Waals surface area contributed by atoms with Crippen LogP contribution in [0.3, 0.4) is 0 Å². The van der Waals surface area contributed by atoms with Crippen LogP contribution in [-0.4, -0.2) is 18.4 Å². The molecule has 0 aromatic heterocycles. The van der Waals surface area contributed by atoms with Gasteiger partial charge in [-0.2, -0.15) is 0 Å². The molecule has 0 bridgehead atoms. The average Bonchev–Trinajstić information content (AvgIpc) is 2.51. The molecular formula is C17H36N4O. The van der Waals surface area contributed by atoms with Crippen LogP contribution in [-0.2, 0) is 4.79 Å². The summed E-state index contributed by atoms with van der Waals surface area (Å²) in [6.07, 6.45) is 13.9. The molecule has 4 N–H and O–H groups in total. The van der Waals surface area contributed by atoms with E-state index in [1.165, 1.54) is 44.9 Å². The standard InChI is InChI=1S/C17H36N4O/c1-3-5-7-8-9-10-11-12-13-14-16(22)20-21-17(18)19-15-6-4-2/h3-15H2,1-2H3,(H,20,22)(H3,18,19,21). The lowest BCUT2D eigenvalue weighted by molar-refractivity contribution is -0.121. The minimum atomic E-state index is -0.0170. The molecule has 0 aliphatic heterocycles. The fourth-order valence-corrected chi connectivity index (χ4v) is 2.19. The Labute approximate surface area is 136 Å². The number of hydrogen-bond acceptors (Lipinski definition) is 2. The van der Waals surface area contributed by atoms with Crippen LogP contribution in [0.5, 0.6) is 0 Å². The van der Waals surface area contributed by atoms with E-state index in [9.17, 15) is 4.79 Å². The van der Waals surface area contributed by atoms with Crippen LogP contribution in [0.1, 0.15) is 90.9 Å². The summed E-state index contributed by atoms with van der Waals surface area (Å²) in [6.45, 7) is 5.04. The minimum absolute atomic E-state index is 0.0170. The molecule has 0 rings (SSSR count). The van der Waals surface area contributed by atoms with Gasteiger partial charge >= 0.3 is 0 Å². The first-order valence-electron chi connectivity index (χ1n) is 9.05. The Kier molecular flexibility index (Phi) is 15.2. The number of hydrazine groups is 1. The maximum absolute atomic E-state index is 11.6. The van der Waals surface area contributed by atoms with Crippen molar-refractivity contribution >= 4 is 11.9 Å². The van der Waals surface area contributed by atoms with Gasteiger partial charge < -0.3 is 5.73 Å². The summed E-state index contributed by atoms with van der Waals surface area (Å²) >= 11 is 0. The molecule has 0 heterocycles. The minimum Gasteiger partial charge on any atom is -0.369 e. The molecule has 0 radical (unpaired) electrons. The molecule has 0 aliphatic carbocycles. The van der Waals surface area contributed by atoms with Gasteiger partial charge in [-0.1, -0.05) is 71.6 Å². The van der Waals surface area contributed by atoms with Crippen molar-refractivity contribution in [3.05, 3.63) is 0 Å². The molecule has 22 heavy (non-hydrogen) atoms. The highest BCUT2D eigenvalue weighted by Gasteiger charge is 2.01. The number of nitrogens with zero attached hydrogens (tertiary/aromatic N) is 1. The Morgan fingerprint density at radius 2 is 1.36 bits per heavy atom. The Hall–Kier alpha value is -1.26. The van der Waals surface area contributed by atoms with Crippen molar-refractivity contribution in [2.45, 2.75) is 90.9 Å². The number of hydrogen-bond donors (Lipinski definition) is 3. The van der Waals surface area contributed by atoms with E-state index in [-0.39, 0.29) is 11.9 Å². The summed E-state index contributed by atoms with van der Waals surface area (Å²) in [5.74, 6) is 0.269. The predicted molar refractivity (Wildman–Crippen MR) is 94.5 cm³/mol. The molecular weight excluding hydrogens is 276 g/mol. The fraction of sp³-hybridized carbons (Fsp3) is 0.882. The van der Waals surface area contributed by atoms with Crippen LogP contribution < -0.4 is 16.6 Å². The summed E-state index contributed by atoms with van der Waals surface area (Å²) in [4.78, 5) is 15.7. The first-order chi connectivity index (χ1) is 10.7. The summed E-state index contributed by atoms with van der Waals surface area (Å²) in [5.41, 5.74) is 10.9. The number of rotatable bonds is 13. The van der Waals surface area contributed by atoms with Gasteiger partial charge in [0, 0.05) is 13.0 Å². The second kappa shape index (κ2) is 16.1. The predicted octanol–water partition coefficient (Wildman–Crippen LogP) is 3.64. The van der Waals surface area contributed by atoms with Crippen molar-refractivity contribution in [1.82, 2.24) is 10.9 Å². The van der Waals surface area contributed by atoms with Gasteiger partial charge in [0.15, 0.2) is 0 Å². The quantitative estimate of drug-likeness (QED) is 0.210. The summed E-state index contributed by atoms with van der Waals surface area (Å²) < 4.78 is 0. The van der Waals surface area contributed by atoms with E-state index in [1.54, 1.807) is 0 Å². The number of nitrogens with one attached hydrogen (secondary N) is 2. The number of unbranched alkanes of at least 4 members (excludes halogenated alkanes) is 9.